The smallest absolute Gasteiger partial charge is 0.358 e. The lowest BCUT2D eigenvalue weighted by molar-refractivity contribution is 0.0685. The minimum Gasteiger partial charge on any atom is -0.476 e. The second kappa shape index (κ2) is 5.97. The Morgan fingerprint density at radius 3 is 2.78 bits per heavy atom. The van der Waals surface area contributed by atoms with Gasteiger partial charge in [0.05, 0.1) is 12.6 Å². The Kier molecular flexibility index (Phi) is 4.33. The fourth-order valence-electron chi connectivity index (χ4n) is 2.25. The zero-order valence-corrected chi connectivity index (χ0v) is 10.1. The summed E-state index contributed by atoms with van der Waals surface area (Å²) in [7, 11) is 0. The molecule has 1 fully saturated rings. The molecule has 0 amide bonds. The molecule has 100 valence electrons. The highest BCUT2D eigenvalue weighted by molar-refractivity contribution is 5.85. The Bertz CT molecular complexity index is 397. The van der Waals surface area contributed by atoms with Gasteiger partial charge in [0.15, 0.2) is 11.5 Å². The monoisotopic (exact) mass is 254 g/mol. The van der Waals surface area contributed by atoms with Crippen molar-refractivity contribution in [3.05, 3.63) is 17.5 Å². The van der Waals surface area contributed by atoms with Gasteiger partial charge in [0.2, 0.25) is 0 Å². The lowest BCUT2D eigenvalue weighted by Crippen LogP contribution is -2.27. The van der Waals surface area contributed by atoms with E-state index >= 15 is 0 Å². The van der Waals surface area contributed by atoms with E-state index in [0.29, 0.717) is 18.2 Å². The minimum atomic E-state index is -1.08. The Labute approximate surface area is 105 Å². The fourth-order valence-corrected chi connectivity index (χ4v) is 2.25. The van der Waals surface area contributed by atoms with E-state index in [4.69, 9.17) is 9.63 Å². The summed E-state index contributed by atoms with van der Waals surface area (Å²) < 4.78 is 4.90. The quantitative estimate of drug-likeness (QED) is 0.726. The first-order valence-corrected chi connectivity index (χ1v) is 6.23. The second-order valence-corrected chi connectivity index (χ2v) is 4.79. The molecule has 0 saturated heterocycles. The SMILES string of the molecule is O=C(O)c1cc(CNCC2CCC(O)CC2)on1. The zero-order chi connectivity index (χ0) is 13.0. The summed E-state index contributed by atoms with van der Waals surface area (Å²) in [5.41, 5.74) is -0.0624. The topological polar surface area (TPSA) is 95.6 Å². The van der Waals surface area contributed by atoms with E-state index in [2.05, 4.69) is 10.5 Å². The molecule has 0 atom stereocenters. The van der Waals surface area contributed by atoms with Crippen molar-refractivity contribution in [1.82, 2.24) is 10.5 Å². The van der Waals surface area contributed by atoms with Gasteiger partial charge < -0.3 is 20.1 Å². The van der Waals surface area contributed by atoms with Crippen molar-refractivity contribution in [1.29, 1.82) is 0 Å². The largest absolute Gasteiger partial charge is 0.476 e. The minimum absolute atomic E-state index is 0.0624. The van der Waals surface area contributed by atoms with Gasteiger partial charge in [-0.2, -0.15) is 0 Å². The fraction of sp³-hybridized carbons (Fsp3) is 0.667. The van der Waals surface area contributed by atoms with Crippen LogP contribution in [0.2, 0.25) is 0 Å². The van der Waals surface area contributed by atoms with Crippen LogP contribution < -0.4 is 5.32 Å². The third-order valence-electron chi connectivity index (χ3n) is 3.33. The third-order valence-corrected chi connectivity index (χ3v) is 3.33. The van der Waals surface area contributed by atoms with Crippen molar-refractivity contribution >= 4 is 5.97 Å². The van der Waals surface area contributed by atoms with Crippen LogP contribution in [0.25, 0.3) is 0 Å². The standard InChI is InChI=1S/C12H18N2O4/c15-9-3-1-8(2-4-9)6-13-7-10-5-11(12(16)17)14-18-10/h5,8-9,13,15H,1-4,6-7H2,(H,16,17). The molecule has 2 rings (SSSR count). The number of hydrogen-bond acceptors (Lipinski definition) is 5. The number of aromatic carboxylic acids is 1. The van der Waals surface area contributed by atoms with Gasteiger partial charge in [-0.25, -0.2) is 4.79 Å². The van der Waals surface area contributed by atoms with Crippen LogP contribution in [0, 0.1) is 5.92 Å². The van der Waals surface area contributed by atoms with Crippen LogP contribution in [0.5, 0.6) is 0 Å². The molecule has 0 spiro atoms. The molecule has 3 N–H and O–H groups in total. The molecule has 6 heteroatoms. The number of nitrogens with zero attached hydrogens (tertiary/aromatic N) is 1. The summed E-state index contributed by atoms with van der Waals surface area (Å²) in [4.78, 5) is 10.6. The van der Waals surface area contributed by atoms with Crippen LogP contribution >= 0.6 is 0 Å². The van der Waals surface area contributed by atoms with Gasteiger partial charge in [-0.3, -0.25) is 0 Å². The normalized spacial score (nSPS) is 24.1. The van der Waals surface area contributed by atoms with E-state index in [9.17, 15) is 9.90 Å². The first-order chi connectivity index (χ1) is 8.65. The second-order valence-electron chi connectivity index (χ2n) is 4.79. The molecule has 1 aromatic rings. The molecule has 6 nitrogen and oxygen atoms in total. The molecule has 1 saturated carbocycles. The molecular weight excluding hydrogens is 236 g/mol. The predicted molar refractivity (Wildman–Crippen MR) is 63.1 cm³/mol. The Hall–Kier alpha value is -1.40. The van der Waals surface area contributed by atoms with E-state index in [1.807, 2.05) is 0 Å². The number of hydrogen-bond donors (Lipinski definition) is 3. The number of nitrogens with one attached hydrogen (secondary N) is 1. The van der Waals surface area contributed by atoms with Crippen molar-refractivity contribution < 1.29 is 19.5 Å². The van der Waals surface area contributed by atoms with Crippen LogP contribution in [-0.2, 0) is 6.54 Å². The van der Waals surface area contributed by atoms with Crippen molar-refractivity contribution in [3.63, 3.8) is 0 Å². The Balaban J connectivity index is 1.70. The van der Waals surface area contributed by atoms with Crippen LogP contribution in [0.4, 0.5) is 0 Å². The molecule has 1 aromatic heterocycles. The summed E-state index contributed by atoms with van der Waals surface area (Å²) in [6, 6.07) is 1.43. The number of aromatic nitrogens is 1. The van der Waals surface area contributed by atoms with Crippen LogP contribution in [0.15, 0.2) is 10.6 Å². The van der Waals surface area contributed by atoms with E-state index in [1.165, 1.54) is 6.07 Å². The number of carboxylic acids is 1. The van der Waals surface area contributed by atoms with Gasteiger partial charge in [0.1, 0.15) is 0 Å². The van der Waals surface area contributed by atoms with E-state index in [0.717, 1.165) is 32.2 Å². The molecule has 0 unspecified atom stereocenters. The molecule has 1 aliphatic carbocycles. The van der Waals surface area contributed by atoms with Crippen molar-refractivity contribution in [2.75, 3.05) is 6.54 Å². The summed E-state index contributed by atoms with van der Waals surface area (Å²) in [5, 5.41) is 24.7. The first kappa shape index (κ1) is 13.0. The van der Waals surface area contributed by atoms with Gasteiger partial charge in [-0.15, -0.1) is 0 Å². The van der Waals surface area contributed by atoms with Crippen LogP contribution in [0.3, 0.4) is 0 Å². The molecule has 0 bridgehead atoms. The Morgan fingerprint density at radius 2 is 2.17 bits per heavy atom. The Morgan fingerprint density at radius 1 is 1.44 bits per heavy atom. The summed E-state index contributed by atoms with van der Waals surface area (Å²) in [6.07, 6.45) is 3.68. The maximum absolute atomic E-state index is 10.6. The predicted octanol–water partition coefficient (Wildman–Crippen LogP) is 1.01. The van der Waals surface area contributed by atoms with Gasteiger partial charge >= 0.3 is 5.97 Å². The van der Waals surface area contributed by atoms with E-state index < -0.39 is 5.97 Å². The maximum atomic E-state index is 10.6. The van der Waals surface area contributed by atoms with Gasteiger partial charge in [0.25, 0.3) is 0 Å². The van der Waals surface area contributed by atoms with E-state index in [-0.39, 0.29) is 11.8 Å². The number of carbonyl (C=O) groups is 1. The van der Waals surface area contributed by atoms with Gasteiger partial charge in [-0.05, 0) is 38.1 Å². The molecule has 0 aliphatic heterocycles. The molecule has 0 radical (unpaired) electrons. The van der Waals surface area contributed by atoms with E-state index in [1.54, 1.807) is 0 Å². The van der Waals surface area contributed by atoms with Crippen molar-refractivity contribution in [2.45, 2.75) is 38.3 Å². The summed E-state index contributed by atoms with van der Waals surface area (Å²) in [6.45, 7) is 1.34. The number of carboxylic acid groups (broad SMARTS) is 1. The highest BCUT2D eigenvalue weighted by Gasteiger charge is 2.19. The first-order valence-electron chi connectivity index (χ1n) is 6.23. The van der Waals surface area contributed by atoms with Gasteiger partial charge in [-0.1, -0.05) is 5.16 Å². The summed E-state index contributed by atoms with van der Waals surface area (Å²) >= 11 is 0. The molecule has 18 heavy (non-hydrogen) atoms. The maximum Gasteiger partial charge on any atom is 0.358 e. The molecule has 1 heterocycles. The number of rotatable bonds is 5. The lowest BCUT2D eigenvalue weighted by atomic mass is 9.87. The lowest BCUT2D eigenvalue weighted by Gasteiger charge is -2.25. The number of aliphatic hydroxyl groups excluding tert-OH is 1. The van der Waals surface area contributed by atoms with Crippen molar-refractivity contribution in [2.24, 2.45) is 5.92 Å². The molecular formula is C12H18N2O4. The average Bonchev–Trinajstić information content (AvgIpc) is 2.81. The molecule has 0 aromatic carbocycles. The zero-order valence-electron chi connectivity index (χ0n) is 10.1. The number of aliphatic hydroxyl groups is 1. The highest BCUT2D eigenvalue weighted by atomic mass is 16.5. The highest BCUT2D eigenvalue weighted by Crippen LogP contribution is 2.23. The van der Waals surface area contributed by atoms with Crippen molar-refractivity contribution in [3.8, 4) is 0 Å². The third kappa shape index (κ3) is 3.54. The van der Waals surface area contributed by atoms with Crippen LogP contribution in [-0.4, -0.2) is 34.0 Å². The summed E-state index contributed by atoms with van der Waals surface area (Å²) in [5.74, 6) is 0.0322. The average molecular weight is 254 g/mol. The van der Waals surface area contributed by atoms with Crippen LogP contribution in [0.1, 0.15) is 41.9 Å². The molecule has 1 aliphatic rings. The van der Waals surface area contributed by atoms with Gasteiger partial charge in [0, 0.05) is 6.07 Å².